The van der Waals surface area contributed by atoms with Gasteiger partial charge in [0.15, 0.2) is 0 Å². The highest BCUT2D eigenvalue weighted by Crippen LogP contribution is 2.17. The van der Waals surface area contributed by atoms with Crippen molar-refractivity contribution in [3.63, 3.8) is 0 Å². The van der Waals surface area contributed by atoms with Crippen LogP contribution in [0, 0.1) is 5.92 Å². The van der Waals surface area contributed by atoms with Crippen LogP contribution in [0.3, 0.4) is 0 Å². The monoisotopic (exact) mass is 231 g/mol. The summed E-state index contributed by atoms with van der Waals surface area (Å²) < 4.78 is 4.86. The molecule has 1 amide bonds. The molecule has 5 heteroatoms. The predicted octanol–water partition coefficient (Wildman–Crippen LogP) is 0.982. The maximum Gasteiger partial charge on any atom is 0.308 e. The normalized spacial score (nSPS) is 19.3. The van der Waals surface area contributed by atoms with Crippen LogP contribution in [-0.4, -0.2) is 48.7 Å². The first-order valence-corrected chi connectivity index (χ1v) is 5.64. The molecule has 5 nitrogen and oxygen atoms in total. The van der Waals surface area contributed by atoms with Crippen molar-refractivity contribution in [2.75, 3.05) is 26.8 Å². The highest BCUT2D eigenvalue weighted by Gasteiger charge is 2.33. The number of hydrogen-bond acceptors (Lipinski definition) is 3. The van der Waals surface area contributed by atoms with Crippen molar-refractivity contribution in [3.05, 3.63) is 0 Å². The molecule has 1 atom stereocenters. The van der Waals surface area contributed by atoms with Gasteiger partial charge in [-0.15, -0.1) is 0 Å². The van der Waals surface area contributed by atoms with Crippen LogP contribution in [-0.2, 0) is 14.3 Å². The summed E-state index contributed by atoms with van der Waals surface area (Å²) in [6.45, 7) is 5.54. The Kier molecular flexibility index (Phi) is 7.54. The van der Waals surface area contributed by atoms with E-state index in [1.807, 2.05) is 13.8 Å². The lowest BCUT2D eigenvalue weighted by Crippen LogP contribution is -2.27. The van der Waals surface area contributed by atoms with E-state index in [9.17, 15) is 9.59 Å². The second-order valence-corrected chi connectivity index (χ2v) is 3.43. The number of carboxylic acid groups (broad SMARTS) is 1. The third-order valence-electron chi connectivity index (χ3n) is 2.34. The summed E-state index contributed by atoms with van der Waals surface area (Å²) in [5, 5.41) is 8.72. The lowest BCUT2D eigenvalue weighted by atomic mass is 10.1. The lowest BCUT2D eigenvalue weighted by molar-refractivity contribution is -0.141. The fourth-order valence-corrected chi connectivity index (χ4v) is 1.55. The molecule has 1 N–H and O–H groups in total. The van der Waals surface area contributed by atoms with Crippen LogP contribution < -0.4 is 0 Å². The fraction of sp³-hybridized carbons (Fsp3) is 0.818. The van der Waals surface area contributed by atoms with Crippen LogP contribution >= 0.6 is 0 Å². The maximum atomic E-state index is 11.3. The summed E-state index contributed by atoms with van der Waals surface area (Å²) in [6.07, 6.45) is 0.900. The molecular formula is C11H21NO4. The van der Waals surface area contributed by atoms with E-state index >= 15 is 0 Å². The Morgan fingerprint density at radius 3 is 2.62 bits per heavy atom. The van der Waals surface area contributed by atoms with Crippen molar-refractivity contribution in [1.82, 2.24) is 4.90 Å². The van der Waals surface area contributed by atoms with Crippen LogP contribution in [0.25, 0.3) is 0 Å². The number of likely N-dealkylation sites (tertiary alicyclic amines) is 1. The fourth-order valence-electron chi connectivity index (χ4n) is 1.55. The number of carbonyl (C=O) groups is 2. The van der Waals surface area contributed by atoms with Gasteiger partial charge < -0.3 is 14.7 Å². The van der Waals surface area contributed by atoms with Gasteiger partial charge in [0.25, 0.3) is 0 Å². The number of carbonyl (C=O) groups excluding carboxylic acids is 1. The molecule has 1 saturated heterocycles. The molecule has 1 aliphatic rings. The number of rotatable bonds is 5. The average molecular weight is 231 g/mol. The molecule has 0 radical (unpaired) electrons. The Labute approximate surface area is 96.4 Å². The topological polar surface area (TPSA) is 66.8 Å². The summed E-state index contributed by atoms with van der Waals surface area (Å²) >= 11 is 0. The van der Waals surface area contributed by atoms with Gasteiger partial charge in [-0.2, -0.15) is 0 Å². The van der Waals surface area contributed by atoms with Crippen LogP contribution in [0.5, 0.6) is 0 Å². The van der Waals surface area contributed by atoms with E-state index in [4.69, 9.17) is 9.84 Å². The third kappa shape index (κ3) is 4.61. The molecule has 1 heterocycles. The molecule has 94 valence electrons. The van der Waals surface area contributed by atoms with E-state index in [0.717, 1.165) is 6.42 Å². The molecule has 0 aromatic heterocycles. The number of ether oxygens (including phenoxy) is 1. The Balaban J connectivity index is 0.00000106. The smallest absolute Gasteiger partial charge is 0.308 e. The number of nitrogens with zero attached hydrogens (tertiary/aromatic N) is 1. The van der Waals surface area contributed by atoms with E-state index < -0.39 is 11.9 Å². The van der Waals surface area contributed by atoms with Gasteiger partial charge in [-0.05, 0) is 6.42 Å². The van der Waals surface area contributed by atoms with Crippen molar-refractivity contribution in [2.24, 2.45) is 5.92 Å². The SMILES string of the molecule is CC.COCCCN1CC(C(=O)O)CC1=O. The van der Waals surface area contributed by atoms with Gasteiger partial charge in [-0.3, -0.25) is 9.59 Å². The first-order valence-electron chi connectivity index (χ1n) is 5.64. The molecule has 0 bridgehead atoms. The second kappa shape index (κ2) is 8.10. The summed E-state index contributed by atoms with van der Waals surface area (Å²) in [5.41, 5.74) is 0. The van der Waals surface area contributed by atoms with E-state index in [-0.39, 0.29) is 12.3 Å². The van der Waals surface area contributed by atoms with Crippen molar-refractivity contribution < 1.29 is 19.4 Å². The number of hydrogen-bond donors (Lipinski definition) is 1. The van der Waals surface area contributed by atoms with E-state index in [0.29, 0.717) is 19.7 Å². The molecule has 0 aliphatic carbocycles. The average Bonchev–Trinajstić information content (AvgIpc) is 2.64. The van der Waals surface area contributed by atoms with Gasteiger partial charge in [0.2, 0.25) is 5.91 Å². The molecule has 1 aliphatic heterocycles. The van der Waals surface area contributed by atoms with Gasteiger partial charge in [0.1, 0.15) is 0 Å². The first kappa shape index (κ1) is 14.9. The van der Waals surface area contributed by atoms with Crippen molar-refractivity contribution >= 4 is 11.9 Å². The van der Waals surface area contributed by atoms with E-state index in [2.05, 4.69) is 0 Å². The van der Waals surface area contributed by atoms with Gasteiger partial charge in [-0.25, -0.2) is 0 Å². The van der Waals surface area contributed by atoms with Crippen LogP contribution in [0.15, 0.2) is 0 Å². The Bertz CT molecular complexity index is 230. The quantitative estimate of drug-likeness (QED) is 0.716. The van der Waals surface area contributed by atoms with Crippen molar-refractivity contribution in [2.45, 2.75) is 26.7 Å². The van der Waals surface area contributed by atoms with Gasteiger partial charge in [0.05, 0.1) is 5.92 Å². The number of methoxy groups -OCH3 is 1. The molecule has 0 aromatic rings. The summed E-state index contributed by atoms with van der Waals surface area (Å²) in [5.74, 6) is -1.47. The van der Waals surface area contributed by atoms with Crippen molar-refractivity contribution in [3.8, 4) is 0 Å². The summed E-state index contributed by atoms with van der Waals surface area (Å²) in [6, 6.07) is 0. The number of carboxylic acids is 1. The molecule has 1 rings (SSSR count). The third-order valence-corrected chi connectivity index (χ3v) is 2.34. The summed E-state index contributed by atoms with van der Waals surface area (Å²) in [7, 11) is 1.60. The van der Waals surface area contributed by atoms with Crippen molar-refractivity contribution in [1.29, 1.82) is 0 Å². The van der Waals surface area contributed by atoms with E-state index in [1.54, 1.807) is 12.0 Å². The van der Waals surface area contributed by atoms with E-state index in [1.165, 1.54) is 0 Å². The Hall–Kier alpha value is -1.10. The van der Waals surface area contributed by atoms with Crippen LogP contribution in [0.4, 0.5) is 0 Å². The Morgan fingerprint density at radius 1 is 1.56 bits per heavy atom. The summed E-state index contributed by atoms with van der Waals surface area (Å²) in [4.78, 5) is 23.5. The van der Waals surface area contributed by atoms with Crippen LogP contribution in [0.2, 0.25) is 0 Å². The minimum atomic E-state index is -0.882. The lowest BCUT2D eigenvalue weighted by Gasteiger charge is -2.15. The highest BCUT2D eigenvalue weighted by molar-refractivity contribution is 5.86. The molecule has 0 spiro atoms. The molecule has 0 aromatic carbocycles. The standard InChI is InChI=1S/C9H15NO4.C2H6/c1-14-4-2-3-10-6-7(9(12)13)5-8(10)11;1-2/h7H,2-6H2,1H3,(H,12,13);1-2H3. The van der Waals surface area contributed by atoms with Crippen LogP contribution in [0.1, 0.15) is 26.7 Å². The number of amides is 1. The molecule has 16 heavy (non-hydrogen) atoms. The first-order chi connectivity index (χ1) is 7.65. The minimum absolute atomic E-state index is 0.0616. The number of aliphatic carboxylic acids is 1. The highest BCUT2D eigenvalue weighted by atomic mass is 16.5. The zero-order chi connectivity index (χ0) is 12.6. The minimum Gasteiger partial charge on any atom is -0.481 e. The molecule has 1 fully saturated rings. The largest absolute Gasteiger partial charge is 0.481 e. The Morgan fingerprint density at radius 2 is 2.19 bits per heavy atom. The van der Waals surface area contributed by atoms with Gasteiger partial charge in [-0.1, -0.05) is 13.8 Å². The molecular weight excluding hydrogens is 210 g/mol. The maximum absolute atomic E-state index is 11.3. The zero-order valence-corrected chi connectivity index (χ0v) is 10.2. The zero-order valence-electron chi connectivity index (χ0n) is 10.2. The molecule has 0 saturated carbocycles. The van der Waals surface area contributed by atoms with Gasteiger partial charge in [0, 0.05) is 33.2 Å². The molecule has 1 unspecified atom stereocenters. The predicted molar refractivity (Wildman–Crippen MR) is 60.2 cm³/mol. The van der Waals surface area contributed by atoms with Gasteiger partial charge >= 0.3 is 5.97 Å². The second-order valence-electron chi connectivity index (χ2n) is 3.43.